The summed E-state index contributed by atoms with van der Waals surface area (Å²) in [4.78, 5) is 26.6. The Bertz CT molecular complexity index is 823. The number of rotatable bonds is 7. The summed E-state index contributed by atoms with van der Waals surface area (Å²) in [5.41, 5.74) is 3.09. The quantitative estimate of drug-likeness (QED) is 0.480. The van der Waals surface area contributed by atoms with Crippen LogP contribution in [-0.4, -0.2) is 30.1 Å². The van der Waals surface area contributed by atoms with Crippen molar-refractivity contribution in [3.8, 4) is 11.5 Å². The lowest BCUT2D eigenvalue weighted by molar-refractivity contribution is 0.0725. The Balaban J connectivity index is 2.28. The molecule has 0 saturated carbocycles. The van der Waals surface area contributed by atoms with Crippen LogP contribution >= 0.6 is 0 Å². The van der Waals surface area contributed by atoms with Crippen molar-refractivity contribution in [3.05, 3.63) is 58.7 Å². The van der Waals surface area contributed by atoms with Crippen LogP contribution in [0, 0.1) is 13.8 Å². The van der Waals surface area contributed by atoms with Gasteiger partial charge in [0.2, 0.25) is 0 Å². The van der Waals surface area contributed by atoms with Crippen LogP contribution in [0.2, 0.25) is 0 Å². The van der Waals surface area contributed by atoms with E-state index in [4.69, 9.17) is 9.47 Å². The van der Waals surface area contributed by atoms with Crippen LogP contribution in [0.5, 0.6) is 11.5 Å². The summed E-state index contributed by atoms with van der Waals surface area (Å²) in [5, 5.41) is 0. The summed E-state index contributed by atoms with van der Waals surface area (Å²) in [6.45, 7) is 10.6. The number of hydrogen-bond donors (Lipinski definition) is 0. The molecule has 150 valence electrons. The Labute approximate surface area is 167 Å². The topological polar surface area (TPSA) is 55.8 Å². The van der Waals surface area contributed by atoms with Crippen LogP contribution in [0.25, 0.3) is 0 Å². The van der Waals surface area contributed by atoms with Crippen LogP contribution < -0.4 is 9.47 Å². The number of benzene rings is 2. The third-order valence-corrected chi connectivity index (χ3v) is 4.64. The second kappa shape index (κ2) is 9.93. The summed E-state index contributed by atoms with van der Waals surface area (Å²) >= 11 is 0. The first-order valence-corrected chi connectivity index (χ1v) is 9.79. The lowest BCUT2D eigenvalue weighted by Gasteiger charge is -2.20. The molecule has 0 saturated heterocycles. The third-order valence-electron chi connectivity index (χ3n) is 4.64. The molecule has 0 N–H and O–H groups in total. The van der Waals surface area contributed by atoms with Gasteiger partial charge < -0.3 is 14.4 Å². The molecule has 0 unspecified atom stereocenters. The maximum atomic E-state index is 12.7. The van der Waals surface area contributed by atoms with Crippen LogP contribution in [0.15, 0.2) is 36.4 Å². The van der Waals surface area contributed by atoms with E-state index in [0.29, 0.717) is 18.7 Å². The van der Waals surface area contributed by atoms with E-state index in [-0.39, 0.29) is 11.5 Å². The number of carbonyl (C=O) groups excluding carboxylic acids is 2. The summed E-state index contributed by atoms with van der Waals surface area (Å²) in [7, 11) is 0. The number of nitrogens with zero attached hydrogens (tertiary/aromatic N) is 1. The van der Waals surface area contributed by atoms with E-state index in [2.05, 4.69) is 6.92 Å². The van der Waals surface area contributed by atoms with Crippen molar-refractivity contribution in [3.63, 3.8) is 0 Å². The number of aryl methyl sites for hydroxylation is 3. The Kier molecular flexibility index (Phi) is 7.61. The van der Waals surface area contributed by atoms with E-state index in [1.54, 1.807) is 17.0 Å². The van der Waals surface area contributed by atoms with Crippen molar-refractivity contribution >= 4 is 12.1 Å². The Morgan fingerprint density at radius 3 is 1.86 bits per heavy atom. The second-order valence-corrected chi connectivity index (χ2v) is 6.73. The number of esters is 1. The van der Waals surface area contributed by atoms with Gasteiger partial charge in [-0.1, -0.05) is 37.6 Å². The Morgan fingerprint density at radius 2 is 1.36 bits per heavy atom. The maximum absolute atomic E-state index is 12.7. The molecule has 0 bridgehead atoms. The third kappa shape index (κ3) is 5.12. The van der Waals surface area contributed by atoms with E-state index in [9.17, 15) is 9.59 Å². The van der Waals surface area contributed by atoms with Crippen LogP contribution in [0.4, 0.5) is 4.79 Å². The van der Waals surface area contributed by atoms with Crippen LogP contribution in [0.3, 0.4) is 0 Å². The molecule has 2 rings (SSSR count). The van der Waals surface area contributed by atoms with Gasteiger partial charge in [-0.15, -0.1) is 0 Å². The average Bonchev–Trinajstić information content (AvgIpc) is 2.69. The van der Waals surface area contributed by atoms with Crippen LogP contribution in [0.1, 0.15) is 54.2 Å². The SMILES string of the molecule is CCCc1ccc(C(=O)Oc2c(C)ccc(C)c2OC(=O)N(CC)CC)cc1. The van der Waals surface area contributed by atoms with E-state index < -0.39 is 12.1 Å². The van der Waals surface area contributed by atoms with Gasteiger partial charge in [0, 0.05) is 13.1 Å². The summed E-state index contributed by atoms with van der Waals surface area (Å²) in [6, 6.07) is 11.1. The van der Waals surface area contributed by atoms with Gasteiger partial charge in [0.05, 0.1) is 5.56 Å². The maximum Gasteiger partial charge on any atom is 0.415 e. The van der Waals surface area contributed by atoms with Crippen molar-refractivity contribution in [1.82, 2.24) is 4.90 Å². The van der Waals surface area contributed by atoms with Gasteiger partial charge in [-0.25, -0.2) is 9.59 Å². The standard InChI is InChI=1S/C23H29NO4/c1-6-9-18-12-14-19(15-13-18)22(25)27-20-16(4)10-11-17(5)21(20)28-23(26)24(7-2)8-3/h10-15H,6-9H2,1-5H3. The zero-order chi connectivity index (χ0) is 20.7. The highest BCUT2D eigenvalue weighted by Gasteiger charge is 2.21. The fourth-order valence-electron chi connectivity index (χ4n) is 2.89. The predicted octanol–water partition coefficient (Wildman–Crippen LogP) is 5.32. The lowest BCUT2D eigenvalue weighted by atomic mass is 10.1. The molecule has 0 aliphatic carbocycles. The highest BCUT2D eigenvalue weighted by Crippen LogP contribution is 2.35. The molecule has 0 spiro atoms. The van der Waals surface area contributed by atoms with Gasteiger partial charge in [-0.2, -0.15) is 0 Å². The minimum Gasteiger partial charge on any atom is -0.419 e. The molecule has 2 aromatic carbocycles. The molecule has 0 aromatic heterocycles. The molecule has 0 atom stereocenters. The highest BCUT2D eigenvalue weighted by molar-refractivity contribution is 5.91. The van der Waals surface area contributed by atoms with E-state index in [0.717, 1.165) is 24.0 Å². The molecule has 0 heterocycles. The zero-order valence-electron chi connectivity index (χ0n) is 17.4. The van der Waals surface area contributed by atoms with Crippen LogP contribution in [-0.2, 0) is 6.42 Å². The molecule has 28 heavy (non-hydrogen) atoms. The largest absolute Gasteiger partial charge is 0.419 e. The van der Waals surface area contributed by atoms with E-state index in [1.165, 1.54) is 5.56 Å². The van der Waals surface area contributed by atoms with E-state index in [1.807, 2.05) is 52.0 Å². The second-order valence-electron chi connectivity index (χ2n) is 6.73. The van der Waals surface area contributed by atoms with Crippen molar-refractivity contribution in [2.24, 2.45) is 0 Å². The number of amides is 1. The molecule has 0 aliphatic rings. The number of carbonyl (C=O) groups is 2. The highest BCUT2D eigenvalue weighted by atomic mass is 16.6. The fourth-order valence-corrected chi connectivity index (χ4v) is 2.89. The summed E-state index contributed by atoms with van der Waals surface area (Å²) in [6.07, 6.45) is 1.56. The van der Waals surface area contributed by atoms with E-state index >= 15 is 0 Å². The zero-order valence-corrected chi connectivity index (χ0v) is 17.4. The molecule has 5 heteroatoms. The van der Waals surface area contributed by atoms with Gasteiger partial charge in [0.25, 0.3) is 0 Å². The molecule has 0 radical (unpaired) electrons. The minimum atomic E-state index is -0.475. The van der Waals surface area contributed by atoms with Gasteiger partial charge in [0.15, 0.2) is 11.5 Å². The van der Waals surface area contributed by atoms with Crippen molar-refractivity contribution in [2.45, 2.75) is 47.5 Å². The fraction of sp³-hybridized carbons (Fsp3) is 0.391. The first-order valence-electron chi connectivity index (χ1n) is 9.79. The normalized spacial score (nSPS) is 10.5. The molecule has 0 fully saturated rings. The smallest absolute Gasteiger partial charge is 0.415 e. The number of hydrogen-bond acceptors (Lipinski definition) is 4. The molecule has 5 nitrogen and oxygen atoms in total. The first kappa shape index (κ1) is 21.5. The molecule has 2 aromatic rings. The predicted molar refractivity (Wildman–Crippen MR) is 110 cm³/mol. The average molecular weight is 383 g/mol. The van der Waals surface area contributed by atoms with Gasteiger partial charge >= 0.3 is 12.1 Å². The number of ether oxygens (including phenoxy) is 2. The molecular formula is C23H29NO4. The van der Waals surface area contributed by atoms with Gasteiger partial charge in [-0.3, -0.25) is 0 Å². The monoisotopic (exact) mass is 383 g/mol. The summed E-state index contributed by atoms with van der Waals surface area (Å²) < 4.78 is 11.3. The minimum absolute atomic E-state index is 0.281. The molecule has 1 amide bonds. The first-order chi connectivity index (χ1) is 13.4. The van der Waals surface area contributed by atoms with Gasteiger partial charge in [0.1, 0.15) is 0 Å². The Hall–Kier alpha value is -2.82. The van der Waals surface area contributed by atoms with Crippen molar-refractivity contribution in [1.29, 1.82) is 0 Å². The lowest BCUT2D eigenvalue weighted by Crippen LogP contribution is -2.33. The Morgan fingerprint density at radius 1 is 0.821 bits per heavy atom. The molecule has 0 aliphatic heterocycles. The van der Waals surface area contributed by atoms with Crippen molar-refractivity contribution in [2.75, 3.05) is 13.1 Å². The van der Waals surface area contributed by atoms with Gasteiger partial charge in [-0.05, 0) is 62.9 Å². The molecular weight excluding hydrogens is 354 g/mol. The summed E-state index contributed by atoms with van der Waals surface area (Å²) in [5.74, 6) is 0.0906. The van der Waals surface area contributed by atoms with Crippen molar-refractivity contribution < 1.29 is 19.1 Å².